The molecule has 0 atom stereocenters. The van der Waals surface area contributed by atoms with Crippen LogP contribution in [0.5, 0.6) is 0 Å². The number of carboxylic acid groups (broad SMARTS) is 1. The summed E-state index contributed by atoms with van der Waals surface area (Å²) in [7, 11) is 0. The number of aromatic carboxylic acids is 1. The van der Waals surface area contributed by atoms with E-state index in [1.54, 1.807) is 0 Å². The molecule has 0 aliphatic heterocycles. The molecule has 0 amide bonds. The fraction of sp³-hybridized carbons (Fsp3) is 0. The summed E-state index contributed by atoms with van der Waals surface area (Å²) in [6, 6.07) is 5.12. The van der Waals surface area contributed by atoms with E-state index >= 15 is 0 Å². The summed E-state index contributed by atoms with van der Waals surface area (Å²) in [4.78, 5) is 11.3. The normalized spacial score (nSPS) is 10.2. The predicted octanol–water partition coefficient (Wildman–Crippen LogP) is 2.10. The van der Waals surface area contributed by atoms with Crippen LogP contribution in [0.4, 0.5) is 0 Å². The maximum Gasteiger partial charge on any atom is 0.358 e. The van der Waals surface area contributed by atoms with Gasteiger partial charge >= 0.3 is 5.97 Å². The lowest BCUT2D eigenvalue weighted by atomic mass is 10.3. The zero-order chi connectivity index (χ0) is 9.26. The minimum absolute atomic E-state index is 0.0663. The third kappa shape index (κ3) is 1.46. The van der Waals surface area contributed by atoms with Gasteiger partial charge in [-0.3, -0.25) is 0 Å². The molecule has 5 heteroatoms. The van der Waals surface area contributed by atoms with E-state index in [-0.39, 0.29) is 5.69 Å². The summed E-state index contributed by atoms with van der Waals surface area (Å²) in [6.07, 6.45) is 0. The van der Waals surface area contributed by atoms with Gasteiger partial charge in [0.05, 0.1) is 4.88 Å². The van der Waals surface area contributed by atoms with Crippen LogP contribution in [0.15, 0.2) is 28.1 Å². The van der Waals surface area contributed by atoms with Gasteiger partial charge in [-0.15, -0.1) is 11.3 Å². The molecular weight excluding hydrogens is 190 g/mol. The molecule has 13 heavy (non-hydrogen) atoms. The van der Waals surface area contributed by atoms with Crippen LogP contribution in [0.3, 0.4) is 0 Å². The third-order valence-electron chi connectivity index (χ3n) is 1.49. The van der Waals surface area contributed by atoms with Gasteiger partial charge in [0.25, 0.3) is 0 Å². The second-order valence-corrected chi connectivity index (χ2v) is 3.31. The average Bonchev–Trinajstić information content (AvgIpc) is 2.75. The SMILES string of the molecule is O=C(O)c1cc(-c2cccs2)on1. The van der Waals surface area contributed by atoms with Gasteiger partial charge in [-0.05, 0) is 11.4 Å². The first-order valence-corrected chi connectivity index (χ1v) is 4.39. The zero-order valence-electron chi connectivity index (χ0n) is 6.43. The quantitative estimate of drug-likeness (QED) is 0.797. The highest BCUT2D eigenvalue weighted by Gasteiger charge is 2.11. The minimum atomic E-state index is -1.08. The van der Waals surface area contributed by atoms with Crippen molar-refractivity contribution in [1.82, 2.24) is 5.16 Å². The molecule has 0 aromatic carbocycles. The third-order valence-corrected chi connectivity index (χ3v) is 2.38. The van der Waals surface area contributed by atoms with Crippen molar-refractivity contribution in [1.29, 1.82) is 0 Å². The maximum atomic E-state index is 10.5. The van der Waals surface area contributed by atoms with Gasteiger partial charge in [0, 0.05) is 6.07 Å². The van der Waals surface area contributed by atoms with Gasteiger partial charge in [-0.2, -0.15) is 0 Å². The van der Waals surface area contributed by atoms with Crippen molar-refractivity contribution in [2.24, 2.45) is 0 Å². The molecule has 66 valence electrons. The van der Waals surface area contributed by atoms with E-state index in [1.807, 2.05) is 17.5 Å². The molecule has 2 aromatic heterocycles. The fourth-order valence-corrected chi connectivity index (χ4v) is 1.58. The molecule has 2 aromatic rings. The van der Waals surface area contributed by atoms with E-state index in [2.05, 4.69) is 5.16 Å². The van der Waals surface area contributed by atoms with E-state index in [0.29, 0.717) is 5.76 Å². The van der Waals surface area contributed by atoms with Crippen LogP contribution in [-0.2, 0) is 0 Å². The van der Waals surface area contributed by atoms with E-state index in [0.717, 1.165) is 4.88 Å². The van der Waals surface area contributed by atoms with Crippen molar-refractivity contribution in [2.45, 2.75) is 0 Å². The van der Waals surface area contributed by atoms with E-state index in [1.165, 1.54) is 17.4 Å². The molecule has 0 bridgehead atoms. The van der Waals surface area contributed by atoms with Crippen LogP contribution >= 0.6 is 11.3 Å². The van der Waals surface area contributed by atoms with Gasteiger partial charge in [0.15, 0.2) is 11.5 Å². The van der Waals surface area contributed by atoms with Crippen LogP contribution in [0.25, 0.3) is 10.6 Å². The Morgan fingerprint density at radius 3 is 3.00 bits per heavy atom. The number of rotatable bonds is 2. The summed E-state index contributed by atoms with van der Waals surface area (Å²) >= 11 is 1.47. The highest BCUT2D eigenvalue weighted by molar-refractivity contribution is 7.13. The molecule has 0 aliphatic rings. The summed E-state index contributed by atoms with van der Waals surface area (Å²) in [6.45, 7) is 0. The van der Waals surface area contributed by atoms with Crippen molar-refractivity contribution in [3.05, 3.63) is 29.3 Å². The van der Waals surface area contributed by atoms with Crippen molar-refractivity contribution in [3.8, 4) is 10.6 Å². The highest BCUT2D eigenvalue weighted by Crippen LogP contribution is 2.24. The smallest absolute Gasteiger partial charge is 0.358 e. The molecule has 0 fully saturated rings. The Labute approximate surface area is 77.4 Å². The van der Waals surface area contributed by atoms with Crippen molar-refractivity contribution < 1.29 is 14.4 Å². The van der Waals surface area contributed by atoms with Crippen LogP contribution in [-0.4, -0.2) is 16.2 Å². The molecule has 0 radical (unpaired) electrons. The Hall–Kier alpha value is -1.62. The second kappa shape index (κ2) is 3.02. The Balaban J connectivity index is 2.39. The predicted molar refractivity (Wildman–Crippen MR) is 46.8 cm³/mol. The minimum Gasteiger partial charge on any atom is -0.476 e. The van der Waals surface area contributed by atoms with Crippen LogP contribution in [0, 0.1) is 0 Å². The van der Waals surface area contributed by atoms with Crippen molar-refractivity contribution >= 4 is 17.3 Å². The molecular formula is C8H5NO3S. The molecule has 0 aliphatic carbocycles. The van der Waals surface area contributed by atoms with Gasteiger partial charge in [0.1, 0.15) is 0 Å². The number of carbonyl (C=O) groups is 1. The molecule has 0 spiro atoms. The lowest BCUT2D eigenvalue weighted by molar-refractivity contribution is 0.0686. The fourth-order valence-electron chi connectivity index (χ4n) is 0.911. The summed E-state index contributed by atoms with van der Waals surface area (Å²) in [5.74, 6) is -0.584. The Morgan fingerprint density at radius 2 is 2.46 bits per heavy atom. The topological polar surface area (TPSA) is 63.3 Å². The zero-order valence-corrected chi connectivity index (χ0v) is 7.25. The maximum absolute atomic E-state index is 10.5. The molecule has 4 nitrogen and oxygen atoms in total. The molecule has 1 N–H and O–H groups in total. The number of hydrogen-bond acceptors (Lipinski definition) is 4. The lowest BCUT2D eigenvalue weighted by Gasteiger charge is -1.82. The number of thiophene rings is 1. The first-order valence-electron chi connectivity index (χ1n) is 3.51. The highest BCUT2D eigenvalue weighted by atomic mass is 32.1. The van der Waals surface area contributed by atoms with E-state index < -0.39 is 5.97 Å². The van der Waals surface area contributed by atoms with Crippen molar-refractivity contribution in [3.63, 3.8) is 0 Å². The Kier molecular flexibility index (Phi) is 1.86. The largest absolute Gasteiger partial charge is 0.476 e. The molecule has 0 saturated heterocycles. The van der Waals surface area contributed by atoms with Crippen LogP contribution in [0.1, 0.15) is 10.5 Å². The monoisotopic (exact) mass is 195 g/mol. The summed E-state index contributed by atoms with van der Waals surface area (Å²) in [5, 5.41) is 13.9. The summed E-state index contributed by atoms with van der Waals surface area (Å²) < 4.78 is 4.85. The van der Waals surface area contributed by atoms with Crippen LogP contribution in [0.2, 0.25) is 0 Å². The van der Waals surface area contributed by atoms with E-state index in [4.69, 9.17) is 9.63 Å². The van der Waals surface area contributed by atoms with Gasteiger partial charge in [-0.25, -0.2) is 4.79 Å². The number of hydrogen-bond donors (Lipinski definition) is 1. The average molecular weight is 195 g/mol. The van der Waals surface area contributed by atoms with E-state index in [9.17, 15) is 4.79 Å². The van der Waals surface area contributed by atoms with Crippen molar-refractivity contribution in [2.75, 3.05) is 0 Å². The van der Waals surface area contributed by atoms with Gasteiger partial charge in [0.2, 0.25) is 0 Å². The number of aromatic nitrogens is 1. The summed E-state index contributed by atoms with van der Waals surface area (Å²) in [5.41, 5.74) is -0.0663. The number of nitrogens with zero attached hydrogens (tertiary/aromatic N) is 1. The first kappa shape index (κ1) is 8.00. The van der Waals surface area contributed by atoms with Crippen LogP contribution < -0.4 is 0 Å². The van der Waals surface area contributed by atoms with Gasteiger partial charge < -0.3 is 9.63 Å². The molecule has 0 saturated carbocycles. The molecule has 2 rings (SSSR count). The molecule has 0 unspecified atom stereocenters. The standard InChI is InChI=1S/C8H5NO3S/c10-8(11)5-4-6(12-9-5)7-2-1-3-13-7/h1-4H,(H,10,11). The number of carboxylic acids is 1. The first-order chi connectivity index (χ1) is 6.27. The molecule has 2 heterocycles. The second-order valence-electron chi connectivity index (χ2n) is 2.36. The lowest BCUT2D eigenvalue weighted by Crippen LogP contribution is -1.94. The Morgan fingerprint density at radius 1 is 1.62 bits per heavy atom. The van der Waals surface area contributed by atoms with Gasteiger partial charge in [-0.1, -0.05) is 11.2 Å². The Bertz CT molecular complexity index is 418.